The average Bonchev–Trinajstić information content (AvgIpc) is 1.82. The van der Waals surface area contributed by atoms with Crippen molar-refractivity contribution in [2.75, 3.05) is 0 Å². The van der Waals surface area contributed by atoms with Crippen LogP contribution in [0.2, 0.25) is 0 Å². The summed E-state index contributed by atoms with van der Waals surface area (Å²) in [7, 11) is 0. The van der Waals surface area contributed by atoms with Gasteiger partial charge in [0.1, 0.15) is 5.60 Å². The molecule has 0 aliphatic carbocycles. The molecule has 11 heavy (non-hydrogen) atoms. The molecule has 66 valence electrons. The molecular formula is C8H18NO2+. The van der Waals surface area contributed by atoms with E-state index in [9.17, 15) is 4.79 Å². The molecule has 0 heterocycles. The normalized spacial score (nSPS) is 14.3. The zero-order chi connectivity index (χ0) is 9.07. The van der Waals surface area contributed by atoms with E-state index < -0.39 is 0 Å². The number of hydrogen-bond acceptors (Lipinski definition) is 2. The Bertz CT molecular complexity index is 138. The largest absolute Gasteiger partial charge is 0.456 e. The third-order valence-electron chi connectivity index (χ3n) is 1.23. The fourth-order valence-electron chi connectivity index (χ4n) is 0.552. The second-order valence-corrected chi connectivity index (χ2v) is 3.64. The first-order chi connectivity index (χ1) is 4.87. The monoisotopic (exact) mass is 160 g/mol. The number of carbonyl (C=O) groups is 1. The van der Waals surface area contributed by atoms with Crippen molar-refractivity contribution in [3.63, 3.8) is 0 Å². The molecule has 3 nitrogen and oxygen atoms in total. The predicted molar refractivity (Wildman–Crippen MR) is 42.8 cm³/mol. The summed E-state index contributed by atoms with van der Waals surface area (Å²) in [5.74, 6) is -0.208. The second-order valence-electron chi connectivity index (χ2n) is 3.64. The molecule has 0 unspecified atom stereocenters. The van der Waals surface area contributed by atoms with Gasteiger partial charge < -0.3 is 10.5 Å². The zero-order valence-electron chi connectivity index (χ0n) is 7.81. The quantitative estimate of drug-likeness (QED) is 0.592. The lowest BCUT2D eigenvalue weighted by molar-refractivity contribution is -0.410. The van der Waals surface area contributed by atoms with E-state index in [1.54, 1.807) is 0 Å². The van der Waals surface area contributed by atoms with Crippen LogP contribution in [-0.2, 0) is 9.53 Å². The molecule has 0 fully saturated rings. The number of hydrogen-bond donors (Lipinski definition) is 1. The minimum atomic E-state index is -0.387. The Kier molecular flexibility index (Phi) is 3.52. The molecule has 0 spiro atoms. The van der Waals surface area contributed by atoms with Crippen LogP contribution in [0.3, 0.4) is 0 Å². The number of carbonyl (C=O) groups excluding carboxylic acids is 1. The number of ether oxygens (including phenoxy) is 1. The van der Waals surface area contributed by atoms with Gasteiger partial charge in [-0.15, -0.1) is 0 Å². The summed E-state index contributed by atoms with van der Waals surface area (Å²) in [5, 5.41) is 0. The molecule has 0 bridgehead atoms. The molecule has 3 heteroatoms. The fraction of sp³-hybridized carbons (Fsp3) is 0.875. The van der Waals surface area contributed by atoms with Crippen molar-refractivity contribution >= 4 is 5.97 Å². The Labute approximate surface area is 67.9 Å². The van der Waals surface area contributed by atoms with Crippen LogP contribution in [0, 0.1) is 0 Å². The predicted octanol–water partition coefficient (Wildman–Crippen LogP) is 0.349. The molecule has 0 aromatic carbocycles. The molecule has 3 N–H and O–H groups in total. The molecule has 0 aromatic rings. The number of rotatable bonds is 2. The van der Waals surface area contributed by atoms with Crippen LogP contribution in [0.15, 0.2) is 0 Å². The number of quaternary nitrogens is 1. The lowest BCUT2D eigenvalue weighted by Crippen LogP contribution is -2.65. The maximum absolute atomic E-state index is 11.1. The first-order valence-electron chi connectivity index (χ1n) is 3.92. The first kappa shape index (κ1) is 10.4. The van der Waals surface area contributed by atoms with Crippen LogP contribution in [-0.4, -0.2) is 17.6 Å². The van der Waals surface area contributed by atoms with Crippen LogP contribution in [0.1, 0.15) is 34.1 Å². The molecule has 0 radical (unpaired) electrons. The van der Waals surface area contributed by atoms with Crippen LogP contribution in [0.4, 0.5) is 0 Å². The van der Waals surface area contributed by atoms with Crippen LogP contribution in [0.25, 0.3) is 0 Å². The van der Waals surface area contributed by atoms with Crippen molar-refractivity contribution in [2.45, 2.75) is 45.8 Å². The van der Waals surface area contributed by atoms with E-state index in [0.717, 1.165) is 6.42 Å². The van der Waals surface area contributed by atoms with Crippen molar-refractivity contribution in [3.8, 4) is 0 Å². The van der Waals surface area contributed by atoms with Crippen molar-refractivity contribution in [3.05, 3.63) is 0 Å². The Morgan fingerprint density at radius 2 is 2.00 bits per heavy atom. The van der Waals surface area contributed by atoms with E-state index in [-0.39, 0.29) is 17.6 Å². The molecule has 0 saturated heterocycles. The van der Waals surface area contributed by atoms with Gasteiger partial charge in [-0.2, -0.15) is 0 Å². The minimum absolute atomic E-state index is 0.208. The summed E-state index contributed by atoms with van der Waals surface area (Å²) in [6.07, 6.45) is 0.731. The molecule has 0 aliphatic heterocycles. The highest BCUT2D eigenvalue weighted by Gasteiger charge is 2.22. The average molecular weight is 160 g/mol. The van der Waals surface area contributed by atoms with Crippen molar-refractivity contribution in [2.24, 2.45) is 0 Å². The molecule has 0 saturated carbocycles. The fourth-order valence-corrected chi connectivity index (χ4v) is 0.552. The summed E-state index contributed by atoms with van der Waals surface area (Å²) >= 11 is 0. The Balaban J connectivity index is 3.88. The van der Waals surface area contributed by atoms with E-state index in [1.807, 2.05) is 27.7 Å². The van der Waals surface area contributed by atoms with Gasteiger partial charge in [0.15, 0.2) is 6.04 Å². The molecule has 0 aromatic heterocycles. The molecule has 0 amide bonds. The van der Waals surface area contributed by atoms with E-state index >= 15 is 0 Å². The first-order valence-corrected chi connectivity index (χ1v) is 3.92. The van der Waals surface area contributed by atoms with Crippen molar-refractivity contribution < 1.29 is 15.3 Å². The lowest BCUT2D eigenvalue weighted by atomic mass is 10.2. The van der Waals surface area contributed by atoms with E-state index in [1.165, 1.54) is 0 Å². The van der Waals surface area contributed by atoms with Gasteiger partial charge in [-0.1, -0.05) is 6.92 Å². The van der Waals surface area contributed by atoms with E-state index in [4.69, 9.17) is 4.74 Å². The van der Waals surface area contributed by atoms with Gasteiger partial charge in [-0.25, -0.2) is 4.79 Å². The van der Waals surface area contributed by atoms with Crippen molar-refractivity contribution in [1.82, 2.24) is 0 Å². The topological polar surface area (TPSA) is 53.9 Å². The smallest absolute Gasteiger partial charge is 0.365 e. The Hall–Kier alpha value is -0.570. The summed E-state index contributed by atoms with van der Waals surface area (Å²) in [6.45, 7) is 7.48. The highest BCUT2D eigenvalue weighted by molar-refractivity contribution is 5.74. The van der Waals surface area contributed by atoms with Gasteiger partial charge in [-0.05, 0) is 20.8 Å². The zero-order valence-corrected chi connectivity index (χ0v) is 7.81. The maximum Gasteiger partial charge on any atom is 0.365 e. The van der Waals surface area contributed by atoms with Gasteiger partial charge in [0.05, 0.1) is 0 Å². The number of esters is 1. The molecule has 0 aliphatic rings. The van der Waals surface area contributed by atoms with Gasteiger partial charge >= 0.3 is 5.97 Å². The molecule has 0 rings (SSSR count). The van der Waals surface area contributed by atoms with Gasteiger partial charge in [-0.3, -0.25) is 0 Å². The van der Waals surface area contributed by atoms with Crippen molar-refractivity contribution in [1.29, 1.82) is 0 Å². The molecular weight excluding hydrogens is 142 g/mol. The minimum Gasteiger partial charge on any atom is -0.456 e. The highest BCUT2D eigenvalue weighted by Crippen LogP contribution is 2.07. The van der Waals surface area contributed by atoms with Gasteiger partial charge in [0.2, 0.25) is 0 Å². The van der Waals surface area contributed by atoms with Gasteiger partial charge in [0, 0.05) is 6.42 Å². The maximum atomic E-state index is 11.1. The highest BCUT2D eigenvalue weighted by atomic mass is 16.6. The van der Waals surface area contributed by atoms with E-state index in [2.05, 4.69) is 5.73 Å². The lowest BCUT2D eigenvalue weighted by Gasteiger charge is -2.20. The summed E-state index contributed by atoms with van der Waals surface area (Å²) in [6, 6.07) is -0.228. The summed E-state index contributed by atoms with van der Waals surface area (Å²) in [4.78, 5) is 11.1. The van der Waals surface area contributed by atoms with E-state index in [0.29, 0.717) is 0 Å². The summed E-state index contributed by atoms with van der Waals surface area (Å²) < 4.78 is 5.09. The third-order valence-corrected chi connectivity index (χ3v) is 1.23. The third kappa shape index (κ3) is 4.79. The van der Waals surface area contributed by atoms with Crippen LogP contribution >= 0.6 is 0 Å². The summed E-state index contributed by atoms with van der Waals surface area (Å²) in [5.41, 5.74) is 3.28. The molecule has 1 atom stereocenters. The SMILES string of the molecule is CC[C@H]([NH3+])C(=O)OC(C)(C)C. The Morgan fingerprint density at radius 1 is 1.55 bits per heavy atom. The van der Waals surface area contributed by atoms with Gasteiger partial charge in [0.25, 0.3) is 0 Å². The Morgan fingerprint density at radius 3 is 2.27 bits per heavy atom. The van der Waals surface area contributed by atoms with Crippen LogP contribution in [0.5, 0.6) is 0 Å². The second kappa shape index (κ2) is 3.72. The standard InChI is InChI=1S/C8H17NO2/c1-5-6(9)7(10)11-8(2,3)4/h6H,5,9H2,1-4H3/p+1/t6-/m0/s1. The van der Waals surface area contributed by atoms with Crippen LogP contribution < -0.4 is 5.73 Å².